The summed E-state index contributed by atoms with van der Waals surface area (Å²) in [5, 5.41) is 0. The van der Waals surface area contributed by atoms with Crippen molar-refractivity contribution in [1.29, 1.82) is 0 Å². The van der Waals surface area contributed by atoms with Gasteiger partial charge in [0.25, 0.3) is 0 Å². The molecule has 0 radical (unpaired) electrons. The minimum atomic E-state index is -0.403. The summed E-state index contributed by atoms with van der Waals surface area (Å²) in [7, 11) is 0. The Bertz CT molecular complexity index is 882. The number of hydrogen-bond acceptors (Lipinski definition) is 4. The van der Waals surface area contributed by atoms with E-state index in [2.05, 4.69) is 12.2 Å². The Kier molecular flexibility index (Phi) is 1.58. The number of carbonyl (C=O) groups excluding carboxylic acids is 2. The second kappa shape index (κ2) is 3.26. The van der Waals surface area contributed by atoms with Crippen molar-refractivity contribution in [2.24, 2.45) is 93.7 Å². The third-order valence-electron chi connectivity index (χ3n) is 12.7. The molecular formula is C23H22O4. The predicted molar refractivity (Wildman–Crippen MR) is 89.4 cm³/mol. The number of rotatable bonds is 0. The molecule has 12 rings (SSSR count). The zero-order valence-electron chi connectivity index (χ0n) is 15.0. The molecule has 27 heavy (non-hydrogen) atoms. The Hall–Kier alpha value is -1.16. The highest BCUT2D eigenvalue weighted by Crippen LogP contribution is 3.00. The van der Waals surface area contributed by atoms with Crippen molar-refractivity contribution < 1.29 is 19.1 Å². The van der Waals surface area contributed by atoms with Crippen LogP contribution in [0.3, 0.4) is 0 Å². The Morgan fingerprint density at radius 2 is 1.26 bits per heavy atom. The fraction of sp³-hybridized carbons (Fsp3) is 0.826. The van der Waals surface area contributed by atoms with Gasteiger partial charge >= 0.3 is 11.9 Å². The van der Waals surface area contributed by atoms with Crippen LogP contribution in [0.1, 0.15) is 6.42 Å². The number of cyclic esters (lactones) is 2. The molecule has 10 fully saturated rings. The summed E-state index contributed by atoms with van der Waals surface area (Å²) < 4.78 is 11.6. The van der Waals surface area contributed by atoms with Crippen LogP contribution < -0.4 is 0 Å². The molecule has 0 aromatic rings. The van der Waals surface area contributed by atoms with Crippen molar-refractivity contribution in [3.05, 3.63) is 12.2 Å². The van der Waals surface area contributed by atoms with E-state index in [4.69, 9.17) is 9.47 Å². The Balaban J connectivity index is 1.32. The average Bonchev–Trinajstić information content (AvgIpc) is 3.39. The van der Waals surface area contributed by atoms with Crippen LogP contribution in [0.15, 0.2) is 12.2 Å². The lowest BCUT2D eigenvalue weighted by molar-refractivity contribution is -0.235. The maximum atomic E-state index is 13.4. The molecule has 10 aliphatic carbocycles. The van der Waals surface area contributed by atoms with Crippen LogP contribution in [0.5, 0.6) is 0 Å². The second-order valence-electron chi connectivity index (χ2n) is 11.8. The molecule has 12 aliphatic rings. The van der Waals surface area contributed by atoms with Crippen molar-refractivity contribution in [3.63, 3.8) is 0 Å². The molecule has 2 heterocycles. The van der Waals surface area contributed by atoms with Gasteiger partial charge in [-0.05, 0) is 89.3 Å². The van der Waals surface area contributed by atoms with Crippen LogP contribution in [0.4, 0.5) is 0 Å². The molecule has 4 nitrogen and oxygen atoms in total. The first kappa shape index (κ1) is 13.1. The van der Waals surface area contributed by atoms with Gasteiger partial charge in [-0.2, -0.15) is 0 Å². The number of allylic oxidation sites excluding steroid dienone is 2. The van der Waals surface area contributed by atoms with Gasteiger partial charge in [0, 0.05) is 0 Å². The summed E-state index contributed by atoms with van der Waals surface area (Å²) in [5.74, 6) is 8.34. The van der Waals surface area contributed by atoms with Crippen LogP contribution in [-0.4, -0.2) is 25.2 Å². The maximum Gasteiger partial charge on any atom is 0.321 e. The van der Waals surface area contributed by atoms with Crippen molar-refractivity contribution >= 4 is 11.9 Å². The van der Waals surface area contributed by atoms with Gasteiger partial charge in [0.1, 0.15) is 0 Å². The number of ether oxygens (including phenoxy) is 2. The molecule has 0 N–H and O–H groups in total. The normalized spacial score (nSPS) is 78.4. The van der Waals surface area contributed by atoms with Crippen LogP contribution in [-0.2, 0) is 19.1 Å². The predicted octanol–water partition coefficient (Wildman–Crippen LogP) is 1.75. The van der Waals surface area contributed by atoms with E-state index < -0.39 is 10.8 Å². The quantitative estimate of drug-likeness (QED) is 0.374. The molecule has 0 amide bonds. The van der Waals surface area contributed by atoms with E-state index in [0.717, 1.165) is 43.3 Å². The van der Waals surface area contributed by atoms with Gasteiger partial charge < -0.3 is 9.47 Å². The van der Waals surface area contributed by atoms with Crippen LogP contribution in [0, 0.1) is 93.7 Å². The Morgan fingerprint density at radius 3 is 1.78 bits per heavy atom. The van der Waals surface area contributed by atoms with E-state index in [1.165, 1.54) is 0 Å². The lowest BCUT2D eigenvalue weighted by atomic mass is 9.31. The van der Waals surface area contributed by atoms with Crippen LogP contribution >= 0.6 is 0 Å². The van der Waals surface area contributed by atoms with E-state index in [1.807, 2.05) is 0 Å². The van der Waals surface area contributed by atoms with Crippen molar-refractivity contribution in [1.82, 2.24) is 0 Å². The highest BCUT2D eigenvalue weighted by atomic mass is 16.6. The lowest BCUT2D eigenvalue weighted by Gasteiger charge is -2.70. The molecule has 4 heteroatoms. The molecule has 138 valence electrons. The zero-order valence-corrected chi connectivity index (χ0v) is 15.0. The molecule has 6 bridgehead atoms. The summed E-state index contributed by atoms with van der Waals surface area (Å²) in [6, 6.07) is 0. The van der Waals surface area contributed by atoms with Gasteiger partial charge in [0.2, 0.25) is 0 Å². The summed E-state index contributed by atoms with van der Waals surface area (Å²) in [5.41, 5.74) is -0.806. The summed E-state index contributed by atoms with van der Waals surface area (Å²) >= 11 is 0. The lowest BCUT2D eigenvalue weighted by Crippen LogP contribution is -2.71. The van der Waals surface area contributed by atoms with Gasteiger partial charge in [-0.1, -0.05) is 12.2 Å². The molecular weight excluding hydrogens is 340 g/mol. The van der Waals surface area contributed by atoms with Crippen molar-refractivity contribution in [3.8, 4) is 0 Å². The smallest absolute Gasteiger partial charge is 0.321 e. The van der Waals surface area contributed by atoms with E-state index in [-0.39, 0.29) is 11.9 Å². The largest absolute Gasteiger partial charge is 0.392 e. The number of hydrogen-bond donors (Lipinski definition) is 0. The highest BCUT2D eigenvalue weighted by Gasteiger charge is 3.03. The second-order valence-corrected chi connectivity index (χ2v) is 11.8. The Morgan fingerprint density at radius 1 is 0.741 bits per heavy atom. The molecule has 5 unspecified atom stereocenters. The van der Waals surface area contributed by atoms with E-state index in [0.29, 0.717) is 59.2 Å². The van der Waals surface area contributed by atoms with Crippen molar-refractivity contribution in [2.45, 2.75) is 6.42 Å². The highest BCUT2D eigenvalue weighted by molar-refractivity contribution is 6.05. The minimum absolute atomic E-state index is 0.0793. The summed E-state index contributed by atoms with van der Waals surface area (Å²) in [4.78, 5) is 26.9. The topological polar surface area (TPSA) is 52.6 Å². The van der Waals surface area contributed by atoms with Gasteiger partial charge in [-0.3, -0.25) is 9.59 Å². The standard InChI is InChI=1S/C23H22O4/c24-20-22-10-3-11-15-14(10)16-17(15)19(23(11,22)21(25)27-20)13-7-2-1-6(12(13)18(16)22)8-4-26-5-9(7)8/h1-2,6-19H,3-5H2/t6-,7?,8+,9-,10-,11+,12-,13+,14?,15?,16?,17?,18+,19-,22-,23+/m1/s1. The summed E-state index contributed by atoms with van der Waals surface area (Å²) in [6.45, 7) is 1.81. The fourth-order valence-electron chi connectivity index (χ4n) is 13.3. The van der Waals surface area contributed by atoms with Gasteiger partial charge in [0.05, 0.1) is 24.0 Å². The van der Waals surface area contributed by atoms with Crippen LogP contribution in [0.2, 0.25) is 0 Å². The minimum Gasteiger partial charge on any atom is -0.392 e. The number of esters is 2. The zero-order chi connectivity index (χ0) is 17.2. The first-order valence-corrected chi connectivity index (χ1v) is 11.3. The first-order valence-electron chi connectivity index (χ1n) is 11.3. The molecule has 16 atom stereocenters. The number of carbonyl (C=O) groups is 2. The van der Waals surface area contributed by atoms with Crippen LogP contribution in [0.25, 0.3) is 0 Å². The van der Waals surface area contributed by atoms with E-state index >= 15 is 0 Å². The average molecular weight is 362 g/mol. The SMILES string of the molecule is O=C1OC(=O)[C@@]23[C@@H]4C[C@H]5C6C4C4C6[C@@H]([C@H]6C7C=C[C@H]([C@@H]8COC[C@H]78)[C@H]6[C@@H]42)[C@]153. The summed E-state index contributed by atoms with van der Waals surface area (Å²) in [6.07, 6.45) is 6.18. The van der Waals surface area contributed by atoms with Gasteiger partial charge in [-0.15, -0.1) is 0 Å². The van der Waals surface area contributed by atoms with E-state index in [9.17, 15) is 9.59 Å². The maximum absolute atomic E-state index is 13.4. The molecule has 0 aromatic heterocycles. The molecule has 2 aliphatic heterocycles. The fourth-order valence-corrected chi connectivity index (χ4v) is 13.3. The third-order valence-corrected chi connectivity index (χ3v) is 12.7. The molecule has 2 saturated heterocycles. The molecule has 8 saturated carbocycles. The van der Waals surface area contributed by atoms with Gasteiger partial charge in [-0.25, -0.2) is 0 Å². The monoisotopic (exact) mass is 362 g/mol. The van der Waals surface area contributed by atoms with E-state index in [1.54, 1.807) is 0 Å². The first-order chi connectivity index (χ1) is 13.2. The third kappa shape index (κ3) is 0.805. The van der Waals surface area contributed by atoms with Gasteiger partial charge in [0.15, 0.2) is 0 Å². The molecule has 2 spiro atoms. The van der Waals surface area contributed by atoms with Crippen molar-refractivity contribution in [2.75, 3.05) is 13.2 Å². The Labute approximate surface area is 157 Å². The molecule has 0 aromatic carbocycles.